The maximum Gasteiger partial charge on any atom is 0.391 e. The van der Waals surface area contributed by atoms with E-state index < -0.39 is 18.0 Å². The molecule has 5 nitrogen and oxygen atoms in total. The van der Waals surface area contributed by atoms with Crippen molar-refractivity contribution in [2.24, 2.45) is 5.92 Å². The van der Waals surface area contributed by atoms with E-state index in [1.54, 1.807) is 0 Å². The number of likely N-dealkylation sites (tertiary alicyclic amines) is 1. The Kier molecular flexibility index (Phi) is 4.15. The molecule has 0 unspecified atom stereocenters. The normalized spacial score (nSPS) is 17.5. The molecule has 0 saturated carbocycles. The quantitative estimate of drug-likeness (QED) is 0.881. The average molecular weight is 304 g/mol. The first-order chi connectivity index (χ1) is 9.71. The molecule has 8 heteroatoms. The molecular weight excluding hydrogens is 285 g/mol. The van der Waals surface area contributed by atoms with Crippen LogP contribution in [0.5, 0.6) is 0 Å². The Morgan fingerprint density at radius 1 is 1.38 bits per heavy atom. The van der Waals surface area contributed by atoms with Crippen LogP contribution in [0.25, 0.3) is 0 Å². The summed E-state index contributed by atoms with van der Waals surface area (Å²) >= 11 is 0. The first kappa shape index (κ1) is 15.7. The van der Waals surface area contributed by atoms with Crippen molar-refractivity contribution in [2.75, 3.05) is 18.8 Å². The van der Waals surface area contributed by atoms with Crippen molar-refractivity contribution in [3.63, 3.8) is 0 Å². The van der Waals surface area contributed by atoms with Crippen molar-refractivity contribution in [1.82, 2.24) is 15.1 Å². The zero-order valence-electron chi connectivity index (χ0n) is 12.0. The number of rotatable bonds is 2. The number of nitrogens with one attached hydrogen (secondary N) is 1. The number of aromatic amines is 1. The van der Waals surface area contributed by atoms with Crippen molar-refractivity contribution < 1.29 is 18.0 Å². The number of piperidine rings is 1. The SMILES string of the molecule is CC(C)c1[nH]nc(C(=O)N2CCC(C(F)(F)F)CC2)c1N. The van der Waals surface area contributed by atoms with E-state index in [9.17, 15) is 18.0 Å². The van der Waals surface area contributed by atoms with Gasteiger partial charge in [0.25, 0.3) is 5.91 Å². The molecule has 1 aliphatic rings. The number of nitrogen functional groups attached to an aromatic ring is 1. The van der Waals surface area contributed by atoms with Crippen LogP contribution in [0.2, 0.25) is 0 Å². The molecule has 1 aromatic rings. The third kappa shape index (κ3) is 3.14. The van der Waals surface area contributed by atoms with Gasteiger partial charge in [-0.2, -0.15) is 18.3 Å². The number of H-pyrrole nitrogens is 1. The monoisotopic (exact) mass is 304 g/mol. The van der Waals surface area contributed by atoms with E-state index >= 15 is 0 Å². The predicted molar refractivity (Wildman–Crippen MR) is 71.8 cm³/mol. The Hall–Kier alpha value is -1.73. The number of hydrogen-bond donors (Lipinski definition) is 2. The molecule has 1 amide bonds. The van der Waals surface area contributed by atoms with Gasteiger partial charge in [0.2, 0.25) is 0 Å². The summed E-state index contributed by atoms with van der Waals surface area (Å²) in [5, 5.41) is 6.64. The highest BCUT2D eigenvalue weighted by Crippen LogP contribution is 2.34. The van der Waals surface area contributed by atoms with Crippen LogP contribution in [0.1, 0.15) is 48.8 Å². The average Bonchev–Trinajstić information content (AvgIpc) is 2.79. The fourth-order valence-electron chi connectivity index (χ4n) is 2.53. The summed E-state index contributed by atoms with van der Waals surface area (Å²) in [5.74, 6) is -1.64. The van der Waals surface area contributed by atoms with Gasteiger partial charge in [-0.1, -0.05) is 13.8 Å². The van der Waals surface area contributed by atoms with Crippen molar-refractivity contribution in [3.05, 3.63) is 11.4 Å². The second kappa shape index (κ2) is 5.57. The summed E-state index contributed by atoms with van der Waals surface area (Å²) < 4.78 is 37.8. The van der Waals surface area contributed by atoms with Crippen molar-refractivity contribution >= 4 is 11.6 Å². The summed E-state index contributed by atoms with van der Waals surface area (Å²) in [7, 11) is 0. The third-order valence-electron chi connectivity index (χ3n) is 3.86. The molecule has 1 fully saturated rings. The molecule has 118 valence electrons. The molecule has 0 spiro atoms. The molecule has 2 rings (SSSR count). The highest BCUT2D eigenvalue weighted by molar-refractivity contribution is 5.97. The van der Waals surface area contributed by atoms with Gasteiger partial charge in [0, 0.05) is 13.1 Å². The molecular formula is C13H19F3N4O. The van der Waals surface area contributed by atoms with Crippen molar-refractivity contribution in [1.29, 1.82) is 0 Å². The summed E-state index contributed by atoms with van der Waals surface area (Å²) in [6, 6.07) is 0. The first-order valence-electron chi connectivity index (χ1n) is 6.91. The van der Waals surface area contributed by atoms with Gasteiger partial charge in [0.15, 0.2) is 5.69 Å². The van der Waals surface area contributed by atoms with E-state index in [4.69, 9.17) is 5.73 Å². The van der Waals surface area contributed by atoms with E-state index in [2.05, 4.69) is 10.2 Å². The van der Waals surface area contributed by atoms with Crippen LogP contribution >= 0.6 is 0 Å². The minimum Gasteiger partial charge on any atom is -0.395 e. The lowest BCUT2D eigenvalue weighted by molar-refractivity contribution is -0.183. The van der Waals surface area contributed by atoms with Crippen LogP contribution in [-0.2, 0) is 0 Å². The summed E-state index contributed by atoms with van der Waals surface area (Å²) in [5.41, 5.74) is 6.94. The standard InChI is InChI=1S/C13H19F3N4O/c1-7(2)10-9(17)11(19-18-10)12(21)20-5-3-8(4-6-20)13(14,15)16/h7-8H,3-6,17H2,1-2H3,(H,18,19). The van der Waals surface area contributed by atoms with Gasteiger partial charge in [-0.25, -0.2) is 0 Å². The number of aromatic nitrogens is 2. The smallest absolute Gasteiger partial charge is 0.391 e. The minimum atomic E-state index is -4.19. The molecule has 0 atom stereocenters. The van der Waals surface area contributed by atoms with Gasteiger partial charge in [0.1, 0.15) is 0 Å². The van der Waals surface area contributed by atoms with Crippen LogP contribution < -0.4 is 5.73 Å². The molecule has 0 radical (unpaired) electrons. The maximum atomic E-state index is 12.6. The van der Waals surface area contributed by atoms with E-state index in [1.165, 1.54) is 4.90 Å². The molecule has 21 heavy (non-hydrogen) atoms. The first-order valence-corrected chi connectivity index (χ1v) is 6.91. The summed E-state index contributed by atoms with van der Waals surface area (Å²) in [4.78, 5) is 13.7. The lowest BCUT2D eigenvalue weighted by Gasteiger charge is -2.32. The molecule has 1 aromatic heterocycles. The number of carbonyl (C=O) groups excluding carboxylic acids is 1. The topological polar surface area (TPSA) is 75.0 Å². The van der Waals surface area contributed by atoms with Gasteiger partial charge < -0.3 is 10.6 Å². The number of halogens is 3. The zero-order valence-corrected chi connectivity index (χ0v) is 12.0. The fraction of sp³-hybridized carbons (Fsp3) is 0.692. The third-order valence-corrected chi connectivity index (χ3v) is 3.86. The summed E-state index contributed by atoms with van der Waals surface area (Å²) in [6.45, 7) is 3.97. The Morgan fingerprint density at radius 3 is 2.38 bits per heavy atom. The van der Waals surface area contributed by atoms with E-state index in [-0.39, 0.29) is 43.2 Å². The number of carbonyl (C=O) groups is 1. The minimum absolute atomic E-state index is 0.0728. The predicted octanol–water partition coefficient (Wildman–Crippen LogP) is 2.53. The van der Waals surface area contributed by atoms with Gasteiger partial charge in [0.05, 0.1) is 17.3 Å². The van der Waals surface area contributed by atoms with Crippen LogP contribution in [0, 0.1) is 5.92 Å². The Bertz CT molecular complexity index is 516. The van der Waals surface area contributed by atoms with Gasteiger partial charge in [-0.3, -0.25) is 9.89 Å². The van der Waals surface area contributed by atoms with E-state index in [0.29, 0.717) is 5.69 Å². The zero-order chi connectivity index (χ0) is 15.8. The van der Waals surface area contributed by atoms with Gasteiger partial charge in [-0.15, -0.1) is 0 Å². The molecule has 0 aliphatic carbocycles. The van der Waals surface area contributed by atoms with Crippen molar-refractivity contribution in [3.8, 4) is 0 Å². The van der Waals surface area contributed by atoms with E-state index in [1.807, 2.05) is 13.8 Å². The highest BCUT2D eigenvalue weighted by atomic mass is 19.4. The van der Waals surface area contributed by atoms with Gasteiger partial charge >= 0.3 is 6.18 Å². The lowest BCUT2D eigenvalue weighted by Crippen LogP contribution is -2.42. The lowest BCUT2D eigenvalue weighted by atomic mass is 9.96. The molecule has 1 saturated heterocycles. The van der Waals surface area contributed by atoms with Gasteiger partial charge in [-0.05, 0) is 18.8 Å². The number of amides is 1. The van der Waals surface area contributed by atoms with Crippen LogP contribution in [0.15, 0.2) is 0 Å². The maximum absolute atomic E-state index is 12.6. The molecule has 0 bridgehead atoms. The Labute approximate surface area is 120 Å². The molecule has 2 heterocycles. The number of alkyl halides is 3. The number of nitrogens with zero attached hydrogens (tertiary/aromatic N) is 2. The second-order valence-corrected chi connectivity index (χ2v) is 5.66. The Balaban J connectivity index is 2.06. The number of nitrogens with two attached hydrogens (primary N) is 1. The number of hydrogen-bond acceptors (Lipinski definition) is 3. The van der Waals surface area contributed by atoms with Crippen LogP contribution in [-0.4, -0.2) is 40.3 Å². The largest absolute Gasteiger partial charge is 0.395 e. The number of anilines is 1. The summed E-state index contributed by atoms with van der Waals surface area (Å²) in [6.07, 6.45) is -4.33. The van der Waals surface area contributed by atoms with Crippen LogP contribution in [0.4, 0.5) is 18.9 Å². The Morgan fingerprint density at radius 2 is 1.95 bits per heavy atom. The molecule has 3 N–H and O–H groups in total. The molecule has 0 aromatic carbocycles. The van der Waals surface area contributed by atoms with Crippen molar-refractivity contribution in [2.45, 2.75) is 38.8 Å². The fourth-order valence-corrected chi connectivity index (χ4v) is 2.53. The van der Waals surface area contributed by atoms with E-state index in [0.717, 1.165) is 0 Å². The second-order valence-electron chi connectivity index (χ2n) is 5.66. The highest BCUT2D eigenvalue weighted by Gasteiger charge is 2.42. The van der Waals surface area contributed by atoms with Crippen LogP contribution in [0.3, 0.4) is 0 Å². The molecule has 1 aliphatic heterocycles.